The van der Waals surface area contributed by atoms with Gasteiger partial charge in [0.15, 0.2) is 5.96 Å². The van der Waals surface area contributed by atoms with Gasteiger partial charge < -0.3 is 15.5 Å². The average Bonchev–Trinajstić information content (AvgIpc) is 2.87. The van der Waals surface area contributed by atoms with Crippen LogP contribution in [0.25, 0.3) is 0 Å². The summed E-state index contributed by atoms with van der Waals surface area (Å²) in [5, 5.41) is 11.4. The number of hydrogen-bond donors (Lipinski definition) is 2. The van der Waals surface area contributed by atoms with Crippen LogP contribution in [0.15, 0.2) is 29.3 Å². The molecule has 0 saturated heterocycles. The first-order chi connectivity index (χ1) is 12.8. The van der Waals surface area contributed by atoms with Gasteiger partial charge in [-0.3, -0.25) is 9.67 Å². The molecule has 1 atom stereocenters. The largest absolute Gasteiger partial charge is 0.378 e. The van der Waals surface area contributed by atoms with Crippen LogP contribution in [-0.2, 0) is 19.9 Å². The lowest BCUT2D eigenvalue weighted by molar-refractivity contribution is 0.635. The number of anilines is 1. The molecular weight excluding hydrogens is 336 g/mol. The first kappa shape index (κ1) is 20.8. The molecule has 1 aromatic carbocycles. The van der Waals surface area contributed by atoms with Crippen LogP contribution in [0.3, 0.4) is 0 Å². The Kier molecular flexibility index (Phi) is 7.28. The Bertz CT molecular complexity index is 758. The van der Waals surface area contributed by atoms with Crippen molar-refractivity contribution in [3.63, 3.8) is 0 Å². The molecule has 0 aliphatic rings. The van der Waals surface area contributed by atoms with Gasteiger partial charge in [-0.25, -0.2) is 0 Å². The predicted octanol–water partition coefficient (Wildman–Crippen LogP) is 2.44. The maximum absolute atomic E-state index is 4.50. The minimum atomic E-state index is 0.275. The van der Waals surface area contributed by atoms with Crippen LogP contribution >= 0.6 is 0 Å². The predicted molar refractivity (Wildman–Crippen MR) is 115 cm³/mol. The molecule has 0 radical (unpaired) electrons. The van der Waals surface area contributed by atoms with Gasteiger partial charge in [0.2, 0.25) is 0 Å². The van der Waals surface area contributed by atoms with Crippen LogP contribution in [0.5, 0.6) is 0 Å². The van der Waals surface area contributed by atoms with Gasteiger partial charge in [0.25, 0.3) is 0 Å². The zero-order valence-electron chi connectivity index (χ0n) is 17.8. The number of aromatic nitrogens is 2. The van der Waals surface area contributed by atoms with Crippen molar-refractivity contribution < 1.29 is 0 Å². The van der Waals surface area contributed by atoms with Crippen molar-refractivity contribution in [2.24, 2.45) is 12.0 Å². The number of aliphatic imine (C=N–C) groups is 1. The first-order valence-corrected chi connectivity index (χ1v) is 9.54. The number of nitrogens with one attached hydrogen (secondary N) is 2. The maximum Gasteiger partial charge on any atom is 0.191 e. The topological polar surface area (TPSA) is 57.5 Å². The summed E-state index contributed by atoms with van der Waals surface area (Å²) in [4.78, 5) is 6.47. The Balaban J connectivity index is 1.83. The van der Waals surface area contributed by atoms with Crippen LogP contribution in [0.2, 0.25) is 0 Å². The van der Waals surface area contributed by atoms with E-state index in [1.807, 2.05) is 18.8 Å². The van der Waals surface area contributed by atoms with Crippen molar-refractivity contribution in [1.82, 2.24) is 20.4 Å². The van der Waals surface area contributed by atoms with Gasteiger partial charge in [0.1, 0.15) is 0 Å². The number of hydrogen-bond acceptors (Lipinski definition) is 3. The number of nitrogens with zero attached hydrogens (tertiary/aromatic N) is 4. The monoisotopic (exact) mass is 370 g/mol. The molecule has 6 nitrogen and oxygen atoms in total. The summed E-state index contributed by atoms with van der Waals surface area (Å²) >= 11 is 0. The minimum Gasteiger partial charge on any atom is -0.378 e. The van der Waals surface area contributed by atoms with Gasteiger partial charge in [-0.2, -0.15) is 5.10 Å². The Labute approximate surface area is 163 Å². The quantitative estimate of drug-likeness (QED) is 0.581. The van der Waals surface area contributed by atoms with E-state index in [4.69, 9.17) is 0 Å². The van der Waals surface area contributed by atoms with E-state index in [0.717, 1.165) is 31.0 Å². The molecule has 0 saturated carbocycles. The van der Waals surface area contributed by atoms with Crippen LogP contribution in [0.1, 0.15) is 29.4 Å². The lowest BCUT2D eigenvalue weighted by atomic mass is 10.1. The Morgan fingerprint density at radius 2 is 1.89 bits per heavy atom. The van der Waals surface area contributed by atoms with Gasteiger partial charge >= 0.3 is 0 Å². The molecule has 2 aromatic rings. The minimum absolute atomic E-state index is 0.275. The molecule has 2 rings (SSSR count). The van der Waals surface area contributed by atoms with E-state index in [1.165, 1.54) is 22.5 Å². The van der Waals surface area contributed by atoms with Gasteiger partial charge in [0.05, 0.1) is 5.69 Å². The summed E-state index contributed by atoms with van der Waals surface area (Å²) in [6.45, 7) is 7.22. The zero-order chi connectivity index (χ0) is 20.0. The molecule has 27 heavy (non-hydrogen) atoms. The Morgan fingerprint density at radius 1 is 1.22 bits per heavy atom. The van der Waals surface area contributed by atoms with E-state index in [2.05, 4.69) is 84.8 Å². The normalized spacial score (nSPS) is 12.8. The standard InChI is InChI=1S/C21H34N6/c1-15(14-20-16(2)25-27(7)17(20)3)24-21(22-4)23-13-12-18-8-10-19(11-9-18)26(5)6/h8-11,15H,12-14H2,1-7H3,(H2,22,23,24). The van der Waals surface area contributed by atoms with Crippen LogP contribution in [0.4, 0.5) is 5.69 Å². The zero-order valence-corrected chi connectivity index (χ0v) is 17.8. The summed E-state index contributed by atoms with van der Waals surface area (Å²) in [6.07, 6.45) is 1.89. The highest BCUT2D eigenvalue weighted by Gasteiger charge is 2.13. The van der Waals surface area contributed by atoms with E-state index in [0.29, 0.717) is 0 Å². The number of benzene rings is 1. The summed E-state index contributed by atoms with van der Waals surface area (Å²) < 4.78 is 1.95. The Hall–Kier alpha value is -2.50. The first-order valence-electron chi connectivity index (χ1n) is 9.54. The Morgan fingerprint density at radius 3 is 2.41 bits per heavy atom. The molecule has 6 heteroatoms. The maximum atomic E-state index is 4.50. The molecule has 0 fully saturated rings. The third-order valence-corrected chi connectivity index (χ3v) is 4.93. The van der Waals surface area contributed by atoms with E-state index in [-0.39, 0.29) is 6.04 Å². The highest BCUT2D eigenvalue weighted by molar-refractivity contribution is 5.79. The second-order valence-corrected chi connectivity index (χ2v) is 7.33. The molecule has 0 aliphatic carbocycles. The van der Waals surface area contributed by atoms with Crippen molar-refractivity contribution in [3.8, 4) is 0 Å². The van der Waals surface area contributed by atoms with E-state index in [1.54, 1.807) is 0 Å². The second kappa shape index (κ2) is 9.44. The summed E-state index contributed by atoms with van der Waals surface area (Å²) in [5.74, 6) is 0.839. The summed E-state index contributed by atoms with van der Waals surface area (Å²) in [5.41, 5.74) is 6.18. The molecule has 0 spiro atoms. The molecule has 1 aromatic heterocycles. The van der Waals surface area contributed by atoms with Crippen molar-refractivity contribution in [3.05, 3.63) is 46.8 Å². The van der Waals surface area contributed by atoms with Gasteiger partial charge in [-0.1, -0.05) is 12.1 Å². The SMILES string of the molecule is CN=C(NCCc1ccc(N(C)C)cc1)NC(C)Cc1c(C)nn(C)c1C. The smallest absolute Gasteiger partial charge is 0.191 e. The van der Waals surface area contributed by atoms with E-state index < -0.39 is 0 Å². The van der Waals surface area contributed by atoms with Gasteiger partial charge in [-0.05, 0) is 56.9 Å². The molecular formula is C21H34N6. The van der Waals surface area contributed by atoms with Gasteiger partial charge in [0, 0.05) is 52.2 Å². The number of aryl methyl sites for hydroxylation is 2. The van der Waals surface area contributed by atoms with Crippen molar-refractivity contribution in [2.45, 2.75) is 39.7 Å². The number of rotatable bonds is 7. The highest BCUT2D eigenvalue weighted by atomic mass is 15.3. The van der Waals surface area contributed by atoms with Crippen LogP contribution in [-0.4, -0.2) is 49.5 Å². The molecule has 0 amide bonds. The van der Waals surface area contributed by atoms with Crippen LogP contribution < -0.4 is 15.5 Å². The fourth-order valence-corrected chi connectivity index (χ4v) is 3.18. The van der Waals surface area contributed by atoms with Crippen molar-refractivity contribution >= 4 is 11.6 Å². The summed E-state index contributed by atoms with van der Waals surface area (Å²) in [7, 11) is 7.92. The van der Waals surface area contributed by atoms with E-state index >= 15 is 0 Å². The van der Waals surface area contributed by atoms with Crippen molar-refractivity contribution in [1.29, 1.82) is 0 Å². The van der Waals surface area contributed by atoms with Crippen LogP contribution in [0, 0.1) is 13.8 Å². The lowest BCUT2D eigenvalue weighted by Crippen LogP contribution is -2.43. The molecule has 1 heterocycles. The van der Waals surface area contributed by atoms with Gasteiger partial charge in [-0.15, -0.1) is 0 Å². The molecule has 0 bridgehead atoms. The fraction of sp³-hybridized carbons (Fsp3) is 0.524. The lowest BCUT2D eigenvalue weighted by Gasteiger charge is -2.18. The van der Waals surface area contributed by atoms with E-state index in [9.17, 15) is 0 Å². The number of guanidine groups is 1. The highest BCUT2D eigenvalue weighted by Crippen LogP contribution is 2.14. The average molecular weight is 371 g/mol. The van der Waals surface area contributed by atoms with Crippen molar-refractivity contribution in [2.75, 3.05) is 32.6 Å². The molecule has 1 unspecified atom stereocenters. The summed E-state index contributed by atoms with van der Waals surface area (Å²) in [6, 6.07) is 8.96. The fourth-order valence-electron chi connectivity index (χ4n) is 3.18. The molecule has 0 aliphatic heterocycles. The molecule has 148 valence electrons. The molecule has 2 N–H and O–H groups in total. The second-order valence-electron chi connectivity index (χ2n) is 7.33. The third-order valence-electron chi connectivity index (χ3n) is 4.93. The third kappa shape index (κ3) is 5.74.